The molecule has 8 heteroatoms. The van der Waals surface area contributed by atoms with Crippen LogP contribution in [0.3, 0.4) is 0 Å². The van der Waals surface area contributed by atoms with Crippen molar-refractivity contribution < 1.29 is 14.7 Å². The number of fused-ring (bicyclic) bond motifs is 1. The highest BCUT2D eigenvalue weighted by Crippen LogP contribution is 2.33. The number of nitrogens with one attached hydrogen (secondary N) is 1. The van der Waals surface area contributed by atoms with E-state index in [4.69, 9.17) is 5.10 Å². The number of nitrogens with zero attached hydrogens (tertiary/aromatic N) is 4. The van der Waals surface area contributed by atoms with Gasteiger partial charge in [-0.2, -0.15) is 5.10 Å². The van der Waals surface area contributed by atoms with Gasteiger partial charge < -0.3 is 15.2 Å². The minimum atomic E-state index is -1.17. The van der Waals surface area contributed by atoms with E-state index in [1.165, 1.54) is 0 Å². The third-order valence-corrected chi connectivity index (χ3v) is 5.95. The molecular formula is C24H29N5O3. The van der Waals surface area contributed by atoms with E-state index >= 15 is 0 Å². The Morgan fingerprint density at radius 1 is 1.28 bits per heavy atom. The zero-order valence-electron chi connectivity index (χ0n) is 18.7. The van der Waals surface area contributed by atoms with Gasteiger partial charge in [-0.15, -0.1) is 0 Å². The smallest absolute Gasteiger partial charge is 0.274 e. The van der Waals surface area contributed by atoms with Gasteiger partial charge in [0.25, 0.3) is 5.91 Å². The molecule has 3 aromatic rings. The Hall–Kier alpha value is -3.10. The van der Waals surface area contributed by atoms with Gasteiger partial charge in [0.1, 0.15) is 12.0 Å². The van der Waals surface area contributed by atoms with Crippen LogP contribution in [0.5, 0.6) is 0 Å². The van der Waals surface area contributed by atoms with Gasteiger partial charge in [-0.05, 0) is 57.9 Å². The fourth-order valence-electron chi connectivity index (χ4n) is 4.22. The topological polar surface area (TPSA) is 100 Å². The highest BCUT2D eigenvalue weighted by molar-refractivity contribution is 6.04. The van der Waals surface area contributed by atoms with Crippen molar-refractivity contribution in [2.24, 2.45) is 0 Å². The fraction of sp³-hybridized carbons (Fsp3) is 0.417. The van der Waals surface area contributed by atoms with Crippen molar-refractivity contribution in [3.05, 3.63) is 53.5 Å². The van der Waals surface area contributed by atoms with Crippen molar-refractivity contribution in [2.45, 2.75) is 45.3 Å². The van der Waals surface area contributed by atoms with E-state index in [0.29, 0.717) is 23.5 Å². The number of carbonyl (C=O) groups excluding carboxylic acids is 2. The lowest BCUT2D eigenvalue weighted by Crippen LogP contribution is -2.35. The second-order valence-corrected chi connectivity index (χ2v) is 8.94. The zero-order chi connectivity index (χ0) is 22.9. The maximum absolute atomic E-state index is 12.8. The summed E-state index contributed by atoms with van der Waals surface area (Å²) in [6, 6.07) is 9.25. The number of aliphatic hydroxyl groups is 1. The van der Waals surface area contributed by atoms with Crippen LogP contribution in [0.15, 0.2) is 36.5 Å². The molecule has 8 nitrogen and oxygen atoms in total. The first kappa shape index (κ1) is 22.1. The number of pyridine rings is 1. The third-order valence-electron chi connectivity index (χ3n) is 5.95. The second-order valence-electron chi connectivity index (χ2n) is 8.94. The molecule has 2 N–H and O–H groups in total. The van der Waals surface area contributed by atoms with Crippen LogP contribution in [0.2, 0.25) is 0 Å². The largest absolute Gasteiger partial charge is 0.386 e. The molecule has 1 aromatic carbocycles. The Labute approximate surface area is 187 Å². The van der Waals surface area contributed by atoms with E-state index < -0.39 is 5.60 Å². The average molecular weight is 436 g/mol. The Morgan fingerprint density at radius 2 is 2.03 bits per heavy atom. The summed E-state index contributed by atoms with van der Waals surface area (Å²) in [5.74, 6) is -0.325. The highest BCUT2D eigenvalue weighted by atomic mass is 16.3. The number of carbonyl (C=O) groups is 2. The zero-order valence-corrected chi connectivity index (χ0v) is 18.7. The lowest BCUT2D eigenvalue weighted by molar-refractivity contribution is -0.109. The molecule has 1 fully saturated rings. The molecule has 4 rings (SSSR count). The van der Waals surface area contributed by atoms with Crippen LogP contribution in [-0.4, -0.2) is 56.6 Å². The van der Waals surface area contributed by atoms with Gasteiger partial charge in [0.15, 0.2) is 0 Å². The molecule has 1 amide bonds. The number of rotatable bonds is 6. The van der Waals surface area contributed by atoms with E-state index in [1.54, 1.807) is 26.0 Å². The predicted molar refractivity (Wildman–Crippen MR) is 123 cm³/mol. The summed E-state index contributed by atoms with van der Waals surface area (Å²) < 4.78 is 1.98. The van der Waals surface area contributed by atoms with E-state index in [9.17, 15) is 14.7 Å². The van der Waals surface area contributed by atoms with E-state index in [0.717, 1.165) is 48.8 Å². The molecule has 1 aliphatic rings. The van der Waals surface area contributed by atoms with Crippen LogP contribution < -0.4 is 5.32 Å². The summed E-state index contributed by atoms with van der Waals surface area (Å²) >= 11 is 0. The Balaban J connectivity index is 1.64. The van der Waals surface area contributed by atoms with Gasteiger partial charge >= 0.3 is 0 Å². The predicted octanol–water partition coefficient (Wildman–Crippen LogP) is 3.06. The number of aldehydes is 1. The first-order chi connectivity index (χ1) is 15.2. The number of aryl methyl sites for hydroxylation is 1. The van der Waals surface area contributed by atoms with Gasteiger partial charge in [0, 0.05) is 41.6 Å². The van der Waals surface area contributed by atoms with Gasteiger partial charge in [0.05, 0.1) is 23.7 Å². The Morgan fingerprint density at radius 3 is 2.69 bits per heavy atom. The lowest BCUT2D eigenvalue weighted by atomic mass is 9.95. The summed E-state index contributed by atoms with van der Waals surface area (Å²) in [5, 5.41) is 19.3. The minimum Gasteiger partial charge on any atom is -0.386 e. The van der Waals surface area contributed by atoms with Gasteiger partial charge in [-0.3, -0.25) is 14.4 Å². The Bertz CT molecular complexity index is 1140. The number of anilines is 1. The molecule has 0 aliphatic carbocycles. The van der Waals surface area contributed by atoms with E-state index in [2.05, 4.69) is 15.2 Å². The summed E-state index contributed by atoms with van der Waals surface area (Å²) in [6.45, 7) is 7.41. The molecule has 1 saturated heterocycles. The van der Waals surface area contributed by atoms with Crippen molar-refractivity contribution in [3.8, 4) is 0 Å². The van der Waals surface area contributed by atoms with Crippen LogP contribution in [-0.2, 0) is 10.4 Å². The third kappa shape index (κ3) is 4.71. The monoisotopic (exact) mass is 435 g/mol. The number of piperidine rings is 1. The van der Waals surface area contributed by atoms with Crippen molar-refractivity contribution in [1.82, 2.24) is 19.7 Å². The maximum atomic E-state index is 12.8. The molecule has 0 spiro atoms. The van der Waals surface area contributed by atoms with E-state index in [1.807, 2.05) is 36.0 Å². The number of likely N-dealkylation sites (tertiary alicyclic amines) is 1. The highest BCUT2D eigenvalue weighted by Gasteiger charge is 2.25. The SMILES string of the molecule is Cc1cccc(C(=O)Nc2cc3cn(C4CCN(CC=O)CC4)nc3cc2C(C)(C)O)n1. The molecule has 0 atom stereocenters. The number of hydrogen-bond acceptors (Lipinski definition) is 6. The second kappa shape index (κ2) is 8.80. The lowest BCUT2D eigenvalue weighted by Gasteiger charge is -2.30. The minimum absolute atomic E-state index is 0.255. The summed E-state index contributed by atoms with van der Waals surface area (Å²) in [6.07, 6.45) is 4.78. The molecule has 32 heavy (non-hydrogen) atoms. The summed E-state index contributed by atoms with van der Waals surface area (Å²) in [4.78, 5) is 30.0. The Kier molecular flexibility index (Phi) is 6.08. The molecule has 168 valence electrons. The van der Waals surface area contributed by atoms with E-state index in [-0.39, 0.29) is 11.9 Å². The van der Waals surface area contributed by atoms with Gasteiger partial charge in [-0.1, -0.05) is 6.07 Å². The average Bonchev–Trinajstić information content (AvgIpc) is 3.16. The summed E-state index contributed by atoms with van der Waals surface area (Å²) in [7, 11) is 0. The molecule has 2 aromatic heterocycles. The number of hydrogen-bond donors (Lipinski definition) is 2. The number of amides is 1. The first-order valence-corrected chi connectivity index (χ1v) is 10.9. The first-order valence-electron chi connectivity index (χ1n) is 10.9. The molecule has 0 bridgehead atoms. The van der Waals surface area contributed by atoms with Crippen molar-refractivity contribution >= 4 is 28.8 Å². The van der Waals surface area contributed by atoms with Gasteiger partial charge in [-0.25, -0.2) is 4.98 Å². The van der Waals surface area contributed by atoms with Crippen molar-refractivity contribution in [1.29, 1.82) is 0 Å². The van der Waals surface area contributed by atoms with Crippen LogP contribution >= 0.6 is 0 Å². The molecule has 0 radical (unpaired) electrons. The fourth-order valence-corrected chi connectivity index (χ4v) is 4.22. The number of aromatic nitrogens is 3. The quantitative estimate of drug-likeness (QED) is 0.577. The summed E-state index contributed by atoms with van der Waals surface area (Å²) in [5.41, 5.74) is 1.82. The molecular weight excluding hydrogens is 406 g/mol. The number of benzene rings is 1. The standard InChI is InChI=1S/C24H29N5O3/c1-16-5-4-6-20(25-16)23(31)26-22-13-17-15-29(18-7-9-28(10-8-18)11-12-30)27-21(17)14-19(22)24(2,3)32/h4-6,12-15,18,32H,7-11H2,1-3H3,(H,26,31). The van der Waals surface area contributed by atoms with Crippen molar-refractivity contribution in [3.63, 3.8) is 0 Å². The maximum Gasteiger partial charge on any atom is 0.274 e. The van der Waals surface area contributed by atoms with Crippen molar-refractivity contribution in [2.75, 3.05) is 25.0 Å². The molecule has 3 heterocycles. The van der Waals surface area contributed by atoms with Gasteiger partial charge in [0.2, 0.25) is 0 Å². The normalized spacial score (nSPS) is 15.8. The van der Waals surface area contributed by atoms with Crippen LogP contribution in [0.25, 0.3) is 10.9 Å². The molecule has 0 saturated carbocycles. The van der Waals surface area contributed by atoms with Crippen LogP contribution in [0.1, 0.15) is 54.5 Å². The molecule has 1 aliphatic heterocycles. The van der Waals surface area contributed by atoms with Crippen LogP contribution in [0.4, 0.5) is 5.69 Å². The molecule has 0 unspecified atom stereocenters. The van der Waals surface area contributed by atoms with Crippen LogP contribution in [0, 0.1) is 6.92 Å².